The van der Waals surface area contributed by atoms with Gasteiger partial charge >= 0.3 is 16.2 Å². The van der Waals surface area contributed by atoms with E-state index in [0.29, 0.717) is 5.39 Å². The second-order valence-electron chi connectivity index (χ2n) is 3.51. The highest BCUT2D eigenvalue weighted by Gasteiger charge is 2.18. The van der Waals surface area contributed by atoms with Crippen LogP contribution >= 0.6 is 15.9 Å². The first-order valence-corrected chi connectivity index (χ1v) is 7.02. The molecule has 2 aromatic rings. The van der Waals surface area contributed by atoms with Crippen LogP contribution < -0.4 is 5.73 Å². The number of nitrogens with two attached hydrogens (primary N) is 1. The Morgan fingerprint density at radius 1 is 1.11 bits per heavy atom. The summed E-state index contributed by atoms with van der Waals surface area (Å²) in [7, 11) is -4.15. The summed E-state index contributed by atoms with van der Waals surface area (Å²) in [5.41, 5.74) is 4.70. The fraction of sp³-hybridized carbons (Fsp3) is 0. The van der Waals surface area contributed by atoms with Gasteiger partial charge < -0.3 is 9.92 Å². The van der Waals surface area contributed by atoms with Crippen LogP contribution in [0.2, 0.25) is 0 Å². The van der Waals surface area contributed by atoms with Crippen molar-refractivity contribution in [2.24, 2.45) is 5.73 Å². The van der Waals surface area contributed by atoms with Crippen molar-refractivity contribution >= 4 is 42.9 Å². The number of carbonyl (C=O) groups excluding carboxylic acids is 1. The fourth-order valence-electron chi connectivity index (χ4n) is 1.51. The quantitative estimate of drug-likeness (QED) is 0.857. The highest BCUT2D eigenvalue weighted by Crippen LogP contribution is 2.23. The van der Waals surface area contributed by atoms with E-state index >= 15 is 0 Å². The van der Waals surface area contributed by atoms with E-state index in [-0.39, 0.29) is 4.90 Å². The lowest BCUT2D eigenvalue weighted by Gasteiger charge is -2.05. The molecule has 0 aliphatic heterocycles. The maximum atomic E-state index is 11.6. The molecule has 0 fully saturated rings. The van der Waals surface area contributed by atoms with Gasteiger partial charge in [0.25, 0.3) is 0 Å². The molecule has 0 spiro atoms. The summed E-state index contributed by atoms with van der Waals surface area (Å²) < 4.78 is 28.2. The molecule has 0 radical (unpaired) electrons. The first-order valence-electron chi connectivity index (χ1n) is 4.82. The summed E-state index contributed by atoms with van der Waals surface area (Å²) in [6.07, 6.45) is -1.36. The van der Waals surface area contributed by atoms with Crippen molar-refractivity contribution < 1.29 is 17.4 Å². The largest absolute Gasteiger partial charge is 0.420 e. The van der Waals surface area contributed by atoms with Crippen molar-refractivity contribution in [2.45, 2.75) is 4.90 Å². The highest BCUT2D eigenvalue weighted by atomic mass is 79.9. The van der Waals surface area contributed by atoms with E-state index in [1.165, 1.54) is 12.1 Å². The van der Waals surface area contributed by atoms with E-state index in [9.17, 15) is 13.2 Å². The van der Waals surface area contributed by atoms with Crippen LogP contribution in [-0.4, -0.2) is 14.5 Å². The molecule has 0 aliphatic carbocycles. The van der Waals surface area contributed by atoms with Gasteiger partial charge in [0.05, 0.1) is 0 Å². The van der Waals surface area contributed by atoms with Gasteiger partial charge in [-0.1, -0.05) is 28.1 Å². The van der Waals surface area contributed by atoms with E-state index in [2.05, 4.69) is 20.1 Å². The molecule has 0 saturated heterocycles. The molecule has 2 N–H and O–H groups in total. The standard InChI is InChI=1S/C11H8BrNO4S/c12-9-3-1-8-6-10(4-2-7(8)5-9)18(15,16)17-11(13)14/h1-6H,(H2,13,14). The summed E-state index contributed by atoms with van der Waals surface area (Å²) in [6.45, 7) is 0. The number of amides is 1. The third kappa shape index (κ3) is 2.62. The summed E-state index contributed by atoms with van der Waals surface area (Å²) in [5.74, 6) is 0. The Balaban J connectivity index is 2.54. The van der Waals surface area contributed by atoms with Gasteiger partial charge in [0, 0.05) is 4.47 Å². The minimum Gasteiger partial charge on any atom is -0.334 e. The normalized spacial score (nSPS) is 11.4. The van der Waals surface area contributed by atoms with Crippen LogP contribution in [0.15, 0.2) is 45.8 Å². The molecule has 0 saturated carbocycles. The van der Waals surface area contributed by atoms with Crippen LogP contribution in [0.5, 0.6) is 0 Å². The predicted octanol–water partition coefficient (Wildman–Crippen LogP) is 2.39. The molecule has 0 bridgehead atoms. The van der Waals surface area contributed by atoms with Crippen LogP contribution in [0.25, 0.3) is 10.8 Å². The van der Waals surface area contributed by atoms with Crippen molar-refractivity contribution in [3.63, 3.8) is 0 Å². The van der Waals surface area contributed by atoms with Gasteiger partial charge in [-0.05, 0) is 35.0 Å². The van der Waals surface area contributed by atoms with E-state index in [4.69, 9.17) is 5.73 Å². The number of primary amides is 1. The zero-order valence-electron chi connectivity index (χ0n) is 8.96. The van der Waals surface area contributed by atoms with Crippen LogP contribution in [0, 0.1) is 0 Å². The maximum Gasteiger partial charge on any atom is 0.420 e. The van der Waals surface area contributed by atoms with Gasteiger partial charge in [-0.25, -0.2) is 4.79 Å². The Morgan fingerprint density at radius 3 is 2.39 bits per heavy atom. The topological polar surface area (TPSA) is 86.5 Å². The first kappa shape index (κ1) is 12.8. The number of hydrogen-bond donors (Lipinski definition) is 1. The second-order valence-corrected chi connectivity index (χ2v) is 5.97. The zero-order valence-corrected chi connectivity index (χ0v) is 11.4. The number of fused-ring (bicyclic) bond motifs is 1. The minimum absolute atomic E-state index is 0.115. The Hall–Kier alpha value is -1.60. The van der Waals surface area contributed by atoms with Gasteiger partial charge in [-0.3, -0.25) is 0 Å². The Morgan fingerprint density at radius 2 is 1.72 bits per heavy atom. The number of hydrogen-bond acceptors (Lipinski definition) is 4. The SMILES string of the molecule is NC(=O)OS(=O)(=O)c1ccc2cc(Br)ccc2c1. The number of rotatable bonds is 2. The third-order valence-corrected chi connectivity index (χ3v) is 3.96. The lowest BCUT2D eigenvalue weighted by atomic mass is 10.1. The predicted molar refractivity (Wildman–Crippen MR) is 69.5 cm³/mol. The second kappa shape index (κ2) is 4.58. The van der Waals surface area contributed by atoms with Crippen molar-refractivity contribution in [1.82, 2.24) is 0 Å². The minimum atomic E-state index is -4.15. The van der Waals surface area contributed by atoms with E-state index in [1.807, 2.05) is 6.07 Å². The number of benzene rings is 2. The van der Waals surface area contributed by atoms with E-state index < -0.39 is 16.2 Å². The summed E-state index contributed by atoms with van der Waals surface area (Å²) >= 11 is 3.32. The van der Waals surface area contributed by atoms with Gasteiger partial charge in [0.15, 0.2) is 0 Å². The first-order chi connectivity index (χ1) is 8.38. The molecule has 5 nitrogen and oxygen atoms in total. The highest BCUT2D eigenvalue weighted by molar-refractivity contribution is 9.10. The van der Waals surface area contributed by atoms with Crippen LogP contribution in [-0.2, 0) is 14.3 Å². The van der Waals surface area contributed by atoms with Crippen molar-refractivity contribution in [3.8, 4) is 0 Å². The summed E-state index contributed by atoms with van der Waals surface area (Å²) in [5, 5.41) is 1.58. The van der Waals surface area contributed by atoms with Crippen molar-refractivity contribution in [3.05, 3.63) is 40.9 Å². The van der Waals surface area contributed by atoms with Crippen LogP contribution in [0.3, 0.4) is 0 Å². The number of halogens is 1. The molecule has 0 aromatic heterocycles. The number of carbonyl (C=O) groups is 1. The Labute approximate surface area is 112 Å². The van der Waals surface area contributed by atoms with Gasteiger partial charge in [0.2, 0.25) is 0 Å². The molecule has 0 heterocycles. The molecule has 2 aromatic carbocycles. The van der Waals surface area contributed by atoms with Gasteiger partial charge in [-0.15, -0.1) is 0 Å². The van der Waals surface area contributed by atoms with Crippen molar-refractivity contribution in [1.29, 1.82) is 0 Å². The Kier molecular flexibility index (Phi) is 3.27. The molecule has 0 atom stereocenters. The van der Waals surface area contributed by atoms with E-state index in [0.717, 1.165) is 9.86 Å². The summed E-state index contributed by atoms with van der Waals surface area (Å²) in [4.78, 5) is 10.4. The maximum absolute atomic E-state index is 11.6. The molecule has 1 amide bonds. The molecule has 94 valence electrons. The Bertz CT molecular complexity index is 727. The lowest BCUT2D eigenvalue weighted by molar-refractivity contribution is 0.212. The monoisotopic (exact) mass is 329 g/mol. The van der Waals surface area contributed by atoms with Crippen molar-refractivity contribution in [2.75, 3.05) is 0 Å². The molecular formula is C11H8BrNO4S. The lowest BCUT2D eigenvalue weighted by Crippen LogP contribution is -2.18. The molecule has 18 heavy (non-hydrogen) atoms. The average molecular weight is 330 g/mol. The molecular weight excluding hydrogens is 322 g/mol. The molecule has 0 unspecified atom stereocenters. The van der Waals surface area contributed by atoms with E-state index in [1.54, 1.807) is 18.2 Å². The van der Waals surface area contributed by atoms with Gasteiger partial charge in [-0.2, -0.15) is 8.42 Å². The van der Waals surface area contributed by atoms with Crippen LogP contribution in [0.1, 0.15) is 0 Å². The molecule has 2 rings (SSSR count). The molecule has 7 heteroatoms. The average Bonchev–Trinajstić information content (AvgIpc) is 2.26. The van der Waals surface area contributed by atoms with Gasteiger partial charge in [0.1, 0.15) is 4.90 Å². The fourth-order valence-corrected chi connectivity index (χ4v) is 2.70. The van der Waals surface area contributed by atoms with Crippen LogP contribution in [0.4, 0.5) is 4.79 Å². The summed E-state index contributed by atoms with van der Waals surface area (Å²) in [6, 6.07) is 9.78. The molecule has 0 aliphatic rings. The zero-order chi connectivity index (χ0) is 13.3. The third-order valence-electron chi connectivity index (χ3n) is 2.25. The smallest absolute Gasteiger partial charge is 0.334 e.